The third-order valence-corrected chi connectivity index (χ3v) is 5.51. The highest BCUT2D eigenvalue weighted by Crippen LogP contribution is 2.27. The molecule has 2 rings (SSSR count). The first-order chi connectivity index (χ1) is 12.5. The number of halogens is 1. The summed E-state index contributed by atoms with van der Waals surface area (Å²) < 4.78 is 5.08. The number of aromatic nitrogens is 2. The van der Waals surface area contributed by atoms with Crippen LogP contribution < -0.4 is 15.6 Å². The predicted molar refractivity (Wildman–Crippen MR) is 109 cm³/mol. The molecule has 2 N–H and O–H groups in total. The van der Waals surface area contributed by atoms with Gasteiger partial charge in [-0.1, -0.05) is 30.3 Å². The lowest BCUT2D eigenvalue weighted by atomic mass is 10.3. The van der Waals surface area contributed by atoms with E-state index < -0.39 is 0 Å². The fourth-order valence-electron chi connectivity index (χ4n) is 2.02. The van der Waals surface area contributed by atoms with Crippen LogP contribution in [0.2, 0.25) is 5.02 Å². The van der Waals surface area contributed by atoms with Gasteiger partial charge in [0.15, 0.2) is 5.16 Å². The number of benzene rings is 1. The van der Waals surface area contributed by atoms with Gasteiger partial charge in [0.2, 0.25) is 5.91 Å². The van der Waals surface area contributed by atoms with Crippen molar-refractivity contribution in [2.45, 2.75) is 24.3 Å². The summed E-state index contributed by atoms with van der Waals surface area (Å²) in [4.78, 5) is 30.9. The highest BCUT2D eigenvalue weighted by molar-refractivity contribution is 7.99. The van der Waals surface area contributed by atoms with Crippen molar-refractivity contribution in [3.05, 3.63) is 45.3 Å². The maximum absolute atomic E-state index is 12.1. The van der Waals surface area contributed by atoms with E-state index in [1.807, 2.05) is 0 Å². The largest absolute Gasteiger partial charge is 0.495 e. The minimum absolute atomic E-state index is 0.123. The number of rotatable bonds is 9. The van der Waals surface area contributed by atoms with E-state index in [0.717, 1.165) is 17.9 Å². The van der Waals surface area contributed by atoms with E-state index in [1.54, 1.807) is 30.0 Å². The second kappa shape index (κ2) is 10.5. The summed E-state index contributed by atoms with van der Waals surface area (Å²) in [6.07, 6.45) is 1.07. The minimum Gasteiger partial charge on any atom is -0.495 e. The molecule has 1 aromatic carbocycles. The summed E-state index contributed by atoms with van der Waals surface area (Å²) in [7, 11) is 1.53. The number of ether oxygens (including phenoxy) is 1. The molecule has 0 spiro atoms. The second-order valence-corrected chi connectivity index (χ2v) is 7.76. The molecule has 0 saturated heterocycles. The van der Waals surface area contributed by atoms with E-state index in [2.05, 4.69) is 22.2 Å². The zero-order valence-corrected chi connectivity index (χ0v) is 16.9. The van der Waals surface area contributed by atoms with Gasteiger partial charge in [-0.05, 0) is 30.4 Å². The number of carbonyl (C=O) groups excluding carboxylic acids is 1. The number of hydrogen-bond donors (Lipinski definition) is 2. The van der Waals surface area contributed by atoms with Crippen LogP contribution >= 0.6 is 35.1 Å². The Kier molecular flexibility index (Phi) is 8.34. The van der Waals surface area contributed by atoms with Gasteiger partial charge in [-0.3, -0.25) is 9.59 Å². The van der Waals surface area contributed by atoms with Crippen molar-refractivity contribution in [2.75, 3.05) is 23.9 Å². The standard InChI is InChI=1S/C17H20ClN3O3S2/c1-3-6-25-9-12-8-15(22)21-17(20-12)26-10-16(23)19-11-4-5-14(24-2)13(18)7-11/h4-5,7-8H,3,6,9-10H2,1-2H3,(H,19,23)(H,20,21,22). The first kappa shape index (κ1) is 20.7. The topological polar surface area (TPSA) is 84.1 Å². The zero-order chi connectivity index (χ0) is 18.9. The Hall–Kier alpha value is -1.64. The molecule has 0 aliphatic rings. The third-order valence-electron chi connectivity index (χ3n) is 3.15. The van der Waals surface area contributed by atoms with Gasteiger partial charge in [-0.15, -0.1) is 0 Å². The summed E-state index contributed by atoms with van der Waals surface area (Å²) in [6, 6.07) is 6.50. The second-order valence-electron chi connectivity index (χ2n) is 5.28. The SMILES string of the molecule is CCCSCc1cc(=O)[nH]c(SCC(=O)Nc2ccc(OC)c(Cl)c2)n1. The molecular formula is C17H20ClN3O3S2. The van der Waals surface area contributed by atoms with Gasteiger partial charge in [0.1, 0.15) is 5.75 Å². The van der Waals surface area contributed by atoms with Crippen LogP contribution in [0.25, 0.3) is 0 Å². The highest BCUT2D eigenvalue weighted by atomic mass is 35.5. The van der Waals surface area contributed by atoms with Gasteiger partial charge in [-0.2, -0.15) is 11.8 Å². The van der Waals surface area contributed by atoms with Crippen molar-refractivity contribution >= 4 is 46.7 Å². The van der Waals surface area contributed by atoms with Crippen molar-refractivity contribution in [1.29, 1.82) is 0 Å². The van der Waals surface area contributed by atoms with Crippen LogP contribution in [0.3, 0.4) is 0 Å². The average molecular weight is 414 g/mol. The Morgan fingerprint density at radius 1 is 1.38 bits per heavy atom. The minimum atomic E-state index is -0.218. The molecule has 0 unspecified atom stereocenters. The van der Waals surface area contributed by atoms with Gasteiger partial charge in [0.05, 0.1) is 23.6 Å². The lowest BCUT2D eigenvalue weighted by Crippen LogP contribution is -2.15. The summed E-state index contributed by atoms with van der Waals surface area (Å²) in [5.74, 6) is 2.15. The van der Waals surface area contributed by atoms with Crippen molar-refractivity contribution < 1.29 is 9.53 Å². The summed E-state index contributed by atoms with van der Waals surface area (Å²) in [6.45, 7) is 2.11. The lowest BCUT2D eigenvalue weighted by Gasteiger charge is -2.08. The summed E-state index contributed by atoms with van der Waals surface area (Å²) in [5.41, 5.74) is 1.08. The molecular weight excluding hydrogens is 394 g/mol. The molecule has 140 valence electrons. The molecule has 1 heterocycles. The van der Waals surface area contributed by atoms with Gasteiger partial charge in [-0.25, -0.2) is 4.98 Å². The Bertz CT molecular complexity index is 814. The van der Waals surface area contributed by atoms with Crippen LogP contribution in [0.1, 0.15) is 19.0 Å². The quantitative estimate of drug-likeness (QED) is 0.369. The lowest BCUT2D eigenvalue weighted by molar-refractivity contribution is -0.113. The molecule has 0 fully saturated rings. The van der Waals surface area contributed by atoms with Crippen molar-refractivity contribution in [3.63, 3.8) is 0 Å². The van der Waals surface area contributed by atoms with Crippen molar-refractivity contribution in [1.82, 2.24) is 9.97 Å². The number of H-pyrrole nitrogens is 1. The van der Waals surface area contributed by atoms with Crippen LogP contribution in [-0.2, 0) is 10.5 Å². The predicted octanol–water partition coefficient (Wildman–Crippen LogP) is 3.81. The van der Waals surface area contributed by atoms with Gasteiger partial charge < -0.3 is 15.0 Å². The maximum Gasteiger partial charge on any atom is 0.251 e. The number of nitrogens with one attached hydrogen (secondary N) is 2. The fraction of sp³-hybridized carbons (Fsp3) is 0.353. The molecule has 1 amide bonds. The van der Waals surface area contributed by atoms with E-state index in [0.29, 0.717) is 27.4 Å². The fourth-order valence-corrected chi connectivity index (χ4v) is 3.76. The molecule has 0 radical (unpaired) electrons. The Balaban J connectivity index is 1.92. The van der Waals surface area contributed by atoms with Gasteiger partial charge >= 0.3 is 0 Å². The Labute approximate surface area is 165 Å². The molecule has 1 aromatic heterocycles. The first-order valence-electron chi connectivity index (χ1n) is 7.96. The van der Waals surface area contributed by atoms with Crippen molar-refractivity contribution in [3.8, 4) is 5.75 Å². The van der Waals surface area contributed by atoms with E-state index >= 15 is 0 Å². The summed E-state index contributed by atoms with van der Waals surface area (Å²) >= 11 is 8.95. The van der Waals surface area contributed by atoms with Crippen LogP contribution in [-0.4, -0.2) is 34.5 Å². The molecule has 0 bridgehead atoms. The smallest absolute Gasteiger partial charge is 0.251 e. The molecule has 0 atom stereocenters. The van der Waals surface area contributed by atoms with E-state index in [4.69, 9.17) is 16.3 Å². The molecule has 9 heteroatoms. The van der Waals surface area contributed by atoms with E-state index in [1.165, 1.54) is 24.9 Å². The average Bonchev–Trinajstić information content (AvgIpc) is 2.60. The molecule has 0 aliphatic carbocycles. The third kappa shape index (κ3) is 6.59. The first-order valence-corrected chi connectivity index (χ1v) is 10.5. The summed E-state index contributed by atoms with van der Waals surface area (Å²) in [5, 5.41) is 3.61. The molecule has 6 nitrogen and oxygen atoms in total. The Morgan fingerprint density at radius 2 is 2.19 bits per heavy atom. The molecule has 0 saturated carbocycles. The number of methoxy groups -OCH3 is 1. The van der Waals surface area contributed by atoms with Gasteiger partial charge in [0, 0.05) is 17.5 Å². The number of anilines is 1. The number of aromatic amines is 1. The molecule has 2 aromatic rings. The van der Waals surface area contributed by atoms with E-state index in [-0.39, 0.29) is 17.2 Å². The Morgan fingerprint density at radius 3 is 2.88 bits per heavy atom. The van der Waals surface area contributed by atoms with Crippen LogP contribution in [0, 0.1) is 0 Å². The normalized spacial score (nSPS) is 10.6. The van der Waals surface area contributed by atoms with E-state index in [9.17, 15) is 9.59 Å². The maximum atomic E-state index is 12.1. The van der Waals surface area contributed by atoms with Crippen LogP contribution in [0.5, 0.6) is 5.75 Å². The monoisotopic (exact) mass is 413 g/mol. The number of nitrogens with zero attached hydrogens (tertiary/aromatic N) is 1. The van der Waals surface area contributed by atoms with Crippen LogP contribution in [0.4, 0.5) is 5.69 Å². The zero-order valence-electron chi connectivity index (χ0n) is 14.5. The number of hydrogen-bond acceptors (Lipinski definition) is 6. The van der Waals surface area contributed by atoms with Gasteiger partial charge in [0.25, 0.3) is 5.56 Å². The van der Waals surface area contributed by atoms with Crippen LogP contribution in [0.15, 0.2) is 34.2 Å². The van der Waals surface area contributed by atoms with Crippen molar-refractivity contribution in [2.24, 2.45) is 0 Å². The molecule has 26 heavy (non-hydrogen) atoms. The number of thioether (sulfide) groups is 2. The highest BCUT2D eigenvalue weighted by Gasteiger charge is 2.09. The number of amides is 1. The number of carbonyl (C=O) groups is 1. The molecule has 0 aliphatic heterocycles.